The molecule has 1 aliphatic heterocycles. The van der Waals surface area contributed by atoms with Crippen molar-refractivity contribution in [3.8, 4) is 12.0 Å². The number of ether oxygens (including phenoxy) is 2. The van der Waals surface area contributed by atoms with E-state index >= 15 is 13.2 Å². The zero-order valence-corrected chi connectivity index (χ0v) is 25.2. The molecule has 0 amide bonds. The number of alkyl halides is 14. The molecule has 3 heterocycles. The van der Waals surface area contributed by atoms with Crippen LogP contribution in [0, 0.1) is 5.41 Å². The van der Waals surface area contributed by atoms with E-state index in [-0.39, 0.29) is 46.0 Å². The molecule has 1 atom stereocenters. The van der Waals surface area contributed by atoms with Crippen LogP contribution in [0.2, 0.25) is 0 Å². The van der Waals surface area contributed by atoms with E-state index in [1.807, 2.05) is 0 Å². The standard InChI is InChI=1S/C25H27F14N7O2/c1-18(2,20(4,27)28)22(31,32)19(3,26)12-47-16-42-15(46-10-8-45(9-11-46)14-40-6-5-7-41-14)43-17(44-16)48-13-21(29,30)23(33,34)24(35,36)25(37,38)39/h5-7H,8-13H2,1-4H3. The van der Waals surface area contributed by atoms with Gasteiger partial charge in [-0.15, -0.1) is 4.98 Å². The Morgan fingerprint density at radius 3 is 1.46 bits per heavy atom. The third kappa shape index (κ3) is 7.18. The molecular weight excluding hydrogens is 696 g/mol. The number of piperazine rings is 1. The number of halogens is 14. The van der Waals surface area contributed by atoms with Crippen molar-refractivity contribution in [1.82, 2.24) is 24.9 Å². The van der Waals surface area contributed by atoms with Crippen LogP contribution in [0.3, 0.4) is 0 Å². The molecule has 1 saturated heterocycles. The van der Waals surface area contributed by atoms with Gasteiger partial charge in [0.25, 0.3) is 11.8 Å². The minimum absolute atomic E-state index is 0.0497. The molecule has 2 aromatic heterocycles. The Labute approximate surface area is 262 Å². The second-order valence-corrected chi connectivity index (χ2v) is 11.4. The summed E-state index contributed by atoms with van der Waals surface area (Å²) >= 11 is 0. The van der Waals surface area contributed by atoms with Crippen molar-refractivity contribution < 1.29 is 70.9 Å². The third-order valence-electron chi connectivity index (χ3n) is 7.58. The molecule has 0 N–H and O–H groups in total. The van der Waals surface area contributed by atoms with Gasteiger partial charge in [-0.2, -0.15) is 49.5 Å². The topological polar surface area (TPSA) is 89.4 Å². The van der Waals surface area contributed by atoms with Gasteiger partial charge in [-0.25, -0.2) is 31.9 Å². The summed E-state index contributed by atoms with van der Waals surface area (Å²) in [5, 5.41) is 0. The van der Waals surface area contributed by atoms with Crippen molar-refractivity contribution in [3.63, 3.8) is 0 Å². The summed E-state index contributed by atoms with van der Waals surface area (Å²) < 4.78 is 202. The summed E-state index contributed by atoms with van der Waals surface area (Å²) in [5.41, 5.74) is -7.23. The van der Waals surface area contributed by atoms with Crippen LogP contribution in [0.1, 0.15) is 27.7 Å². The van der Waals surface area contributed by atoms with Crippen LogP contribution in [-0.2, 0) is 0 Å². The number of nitrogens with zero attached hydrogens (tertiary/aromatic N) is 7. The Morgan fingerprint density at radius 2 is 1.02 bits per heavy atom. The SMILES string of the molecule is CC(F)(F)C(C)(C)C(F)(F)C(C)(F)COc1nc(OCC(F)(F)C(F)(F)C(F)(F)C(F)(F)F)nc(N2CCN(c3ncccn3)CC2)n1. The minimum atomic E-state index is -7.23. The van der Waals surface area contributed by atoms with Gasteiger partial charge in [0.2, 0.25) is 17.6 Å². The lowest BCUT2D eigenvalue weighted by Gasteiger charge is -2.43. The summed E-state index contributed by atoms with van der Waals surface area (Å²) in [6, 6.07) is -1.16. The first kappa shape index (κ1) is 38.8. The van der Waals surface area contributed by atoms with Crippen LogP contribution in [0.4, 0.5) is 73.4 Å². The molecule has 3 rings (SSSR count). The van der Waals surface area contributed by atoms with Crippen molar-refractivity contribution >= 4 is 11.9 Å². The van der Waals surface area contributed by atoms with Gasteiger partial charge >= 0.3 is 36.0 Å². The second kappa shape index (κ2) is 12.6. The molecule has 23 heteroatoms. The Balaban J connectivity index is 1.92. The molecule has 0 radical (unpaired) electrons. The van der Waals surface area contributed by atoms with Crippen molar-refractivity contribution in [1.29, 1.82) is 0 Å². The lowest BCUT2D eigenvalue weighted by atomic mass is 9.73. The number of aromatic nitrogens is 5. The average molecular weight is 724 g/mol. The van der Waals surface area contributed by atoms with Gasteiger partial charge in [0, 0.05) is 45.5 Å². The molecule has 9 nitrogen and oxygen atoms in total. The molecule has 1 unspecified atom stereocenters. The Kier molecular flexibility index (Phi) is 10.2. The van der Waals surface area contributed by atoms with Crippen LogP contribution in [0.15, 0.2) is 18.5 Å². The highest BCUT2D eigenvalue weighted by Gasteiger charge is 2.82. The molecule has 0 aromatic carbocycles. The van der Waals surface area contributed by atoms with Crippen LogP contribution < -0.4 is 19.3 Å². The second-order valence-electron chi connectivity index (χ2n) is 11.4. The van der Waals surface area contributed by atoms with Gasteiger partial charge in [0.15, 0.2) is 6.61 Å². The lowest BCUT2D eigenvalue weighted by molar-refractivity contribution is -0.398. The summed E-state index contributed by atoms with van der Waals surface area (Å²) in [5.74, 6) is -29.8. The van der Waals surface area contributed by atoms with E-state index in [9.17, 15) is 48.3 Å². The Bertz CT molecular complexity index is 1330. The fourth-order valence-corrected chi connectivity index (χ4v) is 4.03. The van der Waals surface area contributed by atoms with Crippen LogP contribution >= 0.6 is 0 Å². The first-order chi connectivity index (χ1) is 21.6. The summed E-state index contributed by atoms with van der Waals surface area (Å²) in [6.45, 7) is -3.48. The van der Waals surface area contributed by atoms with Gasteiger partial charge in [0.1, 0.15) is 6.61 Å². The molecule has 272 valence electrons. The maximum absolute atomic E-state index is 15.3. The monoisotopic (exact) mass is 723 g/mol. The molecule has 0 aliphatic carbocycles. The van der Waals surface area contributed by atoms with Crippen LogP contribution in [0.5, 0.6) is 12.0 Å². The maximum atomic E-state index is 15.3. The molecule has 0 spiro atoms. The van der Waals surface area contributed by atoms with E-state index in [1.165, 1.54) is 23.4 Å². The zero-order chi connectivity index (χ0) is 36.8. The van der Waals surface area contributed by atoms with Crippen molar-refractivity contribution in [2.45, 2.75) is 69.2 Å². The minimum Gasteiger partial charge on any atom is -0.460 e. The van der Waals surface area contributed by atoms with E-state index < -0.39 is 78.1 Å². The smallest absolute Gasteiger partial charge is 0.460 e. The van der Waals surface area contributed by atoms with Crippen molar-refractivity contribution in [2.75, 3.05) is 49.2 Å². The van der Waals surface area contributed by atoms with E-state index in [1.54, 1.807) is 4.90 Å². The first-order valence-electron chi connectivity index (χ1n) is 13.5. The summed E-state index contributed by atoms with van der Waals surface area (Å²) in [4.78, 5) is 21.4. The summed E-state index contributed by atoms with van der Waals surface area (Å²) in [6.07, 6.45) is -4.24. The van der Waals surface area contributed by atoms with Gasteiger partial charge in [0.05, 0.1) is 5.41 Å². The number of anilines is 2. The van der Waals surface area contributed by atoms with E-state index in [0.717, 1.165) is 0 Å². The van der Waals surface area contributed by atoms with E-state index in [0.29, 0.717) is 13.8 Å². The Morgan fingerprint density at radius 1 is 0.583 bits per heavy atom. The third-order valence-corrected chi connectivity index (χ3v) is 7.58. The number of hydrogen-bond acceptors (Lipinski definition) is 9. The Hall–Kier alpha value is -3.69. The predicted octanol–water partition coefficient (Wildman–Crippen LogP) is 6.26. The van der Waals surface area contributed by atoms with E-state index in [2.05, 4.69) is 29.7 Å². The molecule has 0 saturated carbocycles. The zero-order valence-electron chi connectivity index (χ0n) is 25.2. The highest BCUT2D eigenvalue weighted by molar-refractivity contribution is 5.38. The largest absolute Gasteiger partial charge is 0.460 e. The molecular formula is C25H27F14N7O2. The predicted molar refractivity (Wildman–Crippen MR) is 137 cm³/mol. The van der Waals surface area contributed by atoms with E-state index in [4.69, 9.17) is 4.74 Å². The van der Waals surface area contributed by atoms with Gasteiger partial charge < -0.3 is 19.3 Å². The van der Waals surface area contributed by atoms with Gasteiger partial charge in [-0.05, 0) is 26.8 Å². The van der Waals surface area contributed by atoms with Crippen molar-refractivity contribution in [3.05, 3.63) is 18.5 Å². The van der Waals surface area contributed by atoms with Gasteiger partial charge in [-0.1, -0.05) is 0 Å². The van der Waals surface area contributed by atoms with Crippen LogP contribution in [-0.4, -0.2) is 106 Å². The molecule has 0 bridgehead atoms. The highest BCUT2D eigenvalue weighted by atomic mass is 19.4. The van der Waals surface area contributed by atoms with Crippen molar-refractivity contribution in [2.24, 2.45) is 5.41 Å². The average Bonchev–Trinajstić information content (AvgIpc) is 2.98. The quantitative estimate of drug-likeness (QED) is 0.223. The molecule has 1 fully saturated rings. The first-order valence-corrected chi connectivity index (χ1v) is 13.5. The molecule has 2 aromatic rings. The fourth-order valence-electron chi connectivity index (χ4n) is 4.03. The lowest BCUT2D eigenvalue weighted by Crippen LogP contribution is -2.62. The summed E-state index contributed by atoms with van der Waals surface area (Å²) in [7, 11) is 0. The molecule has 48 heavy (non-hydrogen) atoms. The fraction of sp³-hybridized carbons (Fsp3) is 0.720. The normalized spacial score (nSPS) is 17.3. The highest BCUT2D eigenvalue weighted by Crippen LogP contribution is 2.54. The molecule has 1 aliphatic rings. The van der Waals surface area contributed by atoms with Crippen LogP contribution in [0.25, 0.3) is 0 Å². The number of rotatable bonds is 13. The van der Waals surface area contributed by atoms with Gasteiger partial charge in [-0.3, -0.25) is 0 Å². The maximum Gasteiger partial charge on any atom is 0.460 e. The number of hydrogen-bond donors (Lipinski definition) is 0.